The number of rotatable bonds is 9. The Kier molecular flexibility index (Phi) is 6.66. The largest absolute Gasteiger partial charge is 0.497 e. The Balaban J connectivity index is 1.76. The molecular weight excluding hydrogens is 352 g/mol. The number of nitrogens with one attached hydrogen (secondary N) is 1. The summed E-state index contributed by atoms with van der Waals surface area (Å²) in [4.78, 5) is 19.6. The van der Waals surface area contributed by atoms with E-state index in [2.05, 4.69) is 33.6 Å². The minimum atomic E-state index is -0.0791. The highest BCUT2D eigenvalue weighted by Gasteiger charge is 2.14. The molecule has 148 valence electrons. The summed E-state index contributed by atoms with van der Waals surface area (Å²) in [5.41, 5.74) is 2.86. The number of methoxy groups -OCH3 is 1. The lowest BCUT2D eigenvalue weighted by atomic mass is 10.1. The first kappa shape index (κ1) is 19.9. The number of benzene rings is 2. The molecule has 2 aromatic carbocycles. The zero-order valence-corrected chi connectivity index (χ0v) is 16.8. The first-order valence-electron chi connectivity index (χ1n) is 9.75. The van der Waals surface area contributed by atoms with Gasteiger partial charge in [-0.2, -0.15) is 0 Å². The highest BCUT2D eigenvalue weighted by molar-refractivity contribution is 5.92. The molecule has 0 atom stereocenters. The third kappa shape index (κ3) is 4.70. The molecule has 3 aromatic rings. The number of hydrogen-bond donors (Lipinski definition) is 1. The van der Waals surface area contributed by atoms with Gasteiger partial charge < -0.3 is 14.2 Å². The van der Waals surface area contributed by atoms with E-state index in [1.54, 1.807) is 7.11 Å². The molecule has 0 unspecified atom stereocenters. The summed E-state index contributed by atoms with van der Waals surface area (Å²) >= 11 is 0. The number of carbonyl (C=O) groups excluding carboxylic acids is 1. The van der Waals surface area contributed by atoms with Crippen LogP contribution in [0.1, 0.15) is 19.4 Å². The van der Waals surface area contributed by atoms with E-state index in [-0.39, 0.29) is 5.91 Å². The van der Waals surface area contributed by atoms with Gasteiger partial charge in [0.25, 0.3) is 0 Å². The lowest BCUT2D eigenvalue weighted by Crippen LogP contribution is -2.28. The summed E-state index contributed by atoms with van der Waals surface area (Å²) in [5, 5.41) is 3.00. The monoisotopic (exact) mass is 380 g/mol. The normalized spacial score (nSPS) is 11.1. The van der Waals surface area contributed by atoms with Gasteiger partial charge in [-0.3, -0.25) is 10.1 Å². The van der Waals surface area contributed by atoms with Crippen LogP contribution >= 0.6 is 0 Å². The van der Waals surface area contributed by atoms with Crippen molar-refractivity contribution >= 4 is 22.9 Å². The molecule has 1 aromatic heterocycles. The number of para-hydroxylation sites is 2. The van der Waals surface area contributed by atoms with Gasteiger partial charge in [0, 0.05) is 13.1 Å². The van der Waals surface area contributed by atoms with E-state index in [0.29, 0.717) is 12.4 Å². The maximum absolute atomic E-state index is 12.6. The fourth-order valence-corrected chi connectivity index (χ4v) is 3.28. The second-order valence-electron chi connectivity index (χ2n) is 6.68. The average Bonchev–Trinajstić information content (AvgIpc) is 3.06. The van der Waals surface area contributed by atoms with Crippen LogP contribution in [-0.4, -0.2) is 47.1 Å². The van der Waals surface area contributed by atoms with Crippen LogP contribution in [0.15, 0.2) is 48.5 Å². The zero-order valence-electron chi connectivity index (χ0n) is 16.8. The molecule has 6 nitrogen and oxygen atoms in total. The topological polar surface area (TPSA) is 59.4 Å². The van der Waals surface area contributed by atoms with Crippen molar-refractivity contribution in [3.05, 3.63) is 54.1 Å². The standard InChI is InChI=1S/C22H28N4O2/c1-4-25(5-2)14-15-26-20-9-7-6-8-19(20)23-22(26)24-21(27)16-17-10-12-18(28-3)13-11-17/h6-13H,4-5,14-16H2,1-3H3,(H,23,24,27). The van der Waals surface area contributed by atoms with Crippen LogP contribution in [0.4, 0.5) is 5.95 Å². The van der Waals surface area contributed by atoms with Crippen molar-refractivity contribution in [2.24, 2.45) is 0 Å². The summed E-state index contributed by atoms with van der Waals surface area (Å²) < 4.78 is 7.26. The van der Waals surface area contributed by atoms with E-state index >= 15 is 0 Å². The van der Waals surface area contributed by atoms with Crippen molar-refractivity contribution in [1.82, 2.24) is 14.5 Å². The van der Waals surface area contributed by atoms with Gasteiger partial charge in [-0.1, -0.05) is 38.1 Å². The molecule has 0 saturated carbocycles. The molecule has 0 spiro atoms. The van der Waals surface area contributed by atoms with Crippen LogP contribution in [0.3, 0.4) is 0 Å². The molecule has 1 N–H and O–H groups in total. The fraction of sp³-hybridized carbons (Fsp3) is 0.364. The number of hydrogen-bond acceptors (Lipinski definition) is 4. The lowest BCUT2D eigenvalue weighted by Gasteiger charge is -2.19. The van der Waals surface area contributed by atoms with Gasteiger partial charge in [0.05, 0.1) is 24.6 Å². The number of aromatic nitrogens is 2. The van der Waals surface area contributed by atoms with Crippen LogP contribution in [0.25, 0.3) is 11.0 Å². The third-order valence-corrected chi connectivity index (χ3v) is 4.96. The van der Waals surface area contributed by atoms with Gasteiger partial charge >= 0.3 is 0 Å². The molecular formula is C22H28N4O2. The van der Waals surface area contributed by atoms with Gasteiger partial charge in [0.2, 0.25) is 11.9 Å². The van der Waals surface area contributed by atoms with Gasteiger partial charge in [-0.05, 0) is 42.9 Å². The maximum atomic E-state index is 12.6. The number of fused-ring (bicyclic) bond motifs is 1. The predicted octanol–water partition coefficient (Wildman–Crippen LogP) is 3.57. The fourth-order valence-electron chi connectivity index (χ4n) is 3.28. The van der Waals surface area contributed by atoms with Crippen molar-refractivity contribution in [2.45, 2.75) is 26.8 Å². The molecule has 0 saturated heterocycles. The maximum Gasteiger partial charge on any atom is 0.231 e. The first-order valence-corrected chi connectivity index (χ1v) is 9.75. The number of likely N-dealkylation sites (N-methyl/N-ethyl adjacent to an activating group) is 1. The molecule has 0 aliphatic heterocycles. The van der Waals surface area contributed by atoms with Gasteiger partial charge in [-0.15, -0.1) is 0 Å². The minimum absolute atomic E-state index is 0.0791. The van der Waals surface area contributed by atoms with Crippen LogP contribution < -0.4 is 10.1 Å². The zero-order chi connectivity index (χ0) is 19.9. The van der Waals surface area contributed by atoms with Gasteiger partial charge in [-0.25, -0.2) is 4.98 Å². The third-order valence-electron chi connectivity index (χ3n) is 4.96. The molecule has 3 rings (SSSR count). The second kappa shape index (κ2) is 9.37. The molecule has 6 heteroatoms. The van der Waals surface area contributed by atoms with Crippen molar-refractivity contribution in [2.75, 3.05) is 32.1 Å². The number of amides is 1. The summed E-state index contributed by atoms with van der Waals surface area (Å²) in [6.45, 7) is 8.01. The Labute approximate surface area is 166 Å². The van der Waals surface area contributed by atoms with Crippen molar-refractivity contribution in [3.63, 3.8) is 0 Å². The van der Waals surface area contributed by atoms with E-state index in [4.69, 9.17) is 4.74 Å². The van der Waals surface area contributed by atoms with Crippen LogP contribution in [0, 0.1) is 0 Å². The van der Waals surface area contributed by atoms with E-state index in [0.717, 1.165) is 48.5 Å². The molecule has 0 bridgehead atoms. The molecule has 0 radical (unpaired) electrons. The summed E-state index contributed by atoms with van der Waals surface area (Å²) in [5.74, 6) is 1.30. The van der Waals surface area contributed by atoms with Crippen molar-refractivity contribution in [1.29, 1.82) is 0 Å². The number of imidazole rings is 1. The number of ether oxygens (including phenoxy) is 1. The number of anilines is 1. The quantitative estimate of drug-likeness (QED) is 0.617. The Morgan fingerprint density at radius 1 is 1.11 bits per heavy atom. The highest BCUT2D eigenvalue weighted by atomic mass is 16.5. The van der Waals surface area contributed by atoms with E-state index in [9.17, 15) is 4.79 Å². The van der Waals surface area contributed by atoms with Crippen molar-refractivity contribution < 1.29 is 9.53 Å². The molecule has 28 heavy (non-hydrogen) atoms. The van der Waals surface area contributed by atoms with Crippen LogP contribution in [0.2, 0.25) is 0 Å². The molecule has 0 fully saturated rings. The molecule has 1 amide bonds. The van der Waals surface area contributed by atoms with Crippen molar-refractivity contribution in [3.8, 4) is 5.75 Å². The van der Waals surface area contributed by atoms with E-state index < -0.39 is 0 Å². The Hall–Kier alpha value is -2.86. The summed E-state index contributed by atoms with van der Waals surface area (Å²) in [7, 11) is 1.63. The highest BCUT2D eigenvalue weighted by Crippen LogP contribution is 2.20. The molecule has 0 aliphatic rings. The first-order chi connectivity index (χ1) is 13.6. The Bertz CT molecular complexity index is 914. The molecule has 1 heterocycles. The summed E-state index contributed by atoms with van der Waals surface area (Å²) in [6.07, 6.45) is 0.295. The van der Waals surface area contributed by atoms with E-state index in [1.165, 1.54) is 0 Å². The van der Waals surface area contributed by atoms with Crippen LogP contribution in [-0.2, 0) is 17.8 Å². The SMILES string of the molecule is CCN(CC)CCn1c(NC(=O)Cc2ccc(OC)cc2)nc2ccccc21. The predicted molar refractivity (Wildman–Crippen MR) is 113 cm³/mol. The van der Waals surface area contributed by atoms with E-state index in [1.807, 2.05) is 48.5 Å². The summed E-state index contributed by atoms with van der Waals surface area (Å²) in [6, 6.07) is 15.5. The number of nitrogens with zero attached hydrogens (tertiary/aromatic N) is 3. The second-order valence-corrected chi connectivity index (χ2v) is 6.68. The molecule has 0 aliphatic carbocycles. The Morgan fingerprint density at radius 3 is 2.50 bits per heavy atom. The average molecular weight is 380 g/mol. The van der Waals surface area contributed by atoms with Crippen LogP contribution in [0.5, 0.6) is 5.75 Å². The number of carbonyl (C=O) groups is 1. The van der Waals surface area contributed by atoms with Gasteiger partial charge in [0.15, 0.2) is 0 Å². The minimum Gasteiger partial charge on any atom is -0.497 e. The lowest BCUT2D eigenvalue weighted by molar-refractivity contribution is -0.115. The Morgan fingerprint density at radius 2 is 1.82 bits per heavy atom. The van der Waals surface area contributed by atoms with Gasteiger partial charge in [0.1, 0.15) is 5.75 Å². The smallest absolute Gasteiger partial charge is 0.231 e.